The van der Waals surface area contributed by atoms with E-state index in [1.54, 1.807) is 18.2 Å². The van der Waals surface area contributed by atoms with Crippen LogP contribution in [0.1, 0.15) is 12.8 Å². The molecule has 1 fully saturated rings. The van der Waals surface area contributed by atoms with E-state index in [9.17, 15) is 12.8 Å². The fraction of sp³-hybridized carbons (Fsp3) is 0.318. The summed E-state index contributed by atoms with van der Waals surface area (Å²) in [6, 6.07) is 9.39. The van der Waals surface area contributed by atoms with Gasteiger partial charge in [-0.15, -0.1) is 11.3 Å². The van der Waals surface area contributed by atoms with Gasteiger partial charge < -0.3 is 14.4 Å². The minimum absolute atomic E-state index is 0.0696. The first-order chi connectivity index (χ1) is 15.3. The number of hydrogen-bond donors (Lipinski definition) is 0. The Kier molecular flexibility index (Phi) is 6.60. The first kappa shape index (κ1) is 22.8. The number of aromatic nitrogens is 1. The highest BCUT2D eigenvalue weighted by atomic mass is 35.5. The van der Waals surface area contributed by atoms with Gasteiger partial charge in [0.05, 0.1) is 30.2 Å². The van der Waals surface area contributed by atoms with Crippen LogP contribution in [0.5, 0.6) is 11.5 Å². The average Bonchev–Trinajstić information content (AvgIpc) is 3.31. The third kappa shape index (κ3) is 4.42. The van der Waals surface area contributed by atoms with Gasteiger partial charge in [0.1, 0.15) is 22.2 Å². The molecule has 2 aromatic carbocycles. The molecule has 6 nitrogen and oxygen atoms in total. The van der Waals surface area contributed by atoms with Gasteiger partial charge in [-0.25, -0.2) is 17.8 Å². The number of anilines is 1. The lowest BCUT2D eigenvalue weighted by Gasteiger charge is -2.31. The largest absolute Gasteiger partial charge is 0.497 e. The van der Waals surface area contributed by atoms with Crippen molar-refractivity contribution in [3.8, 4) is 22.8 Å². The second kappa shape index (κ2) is 9.25. The Morgan fingerprint density at radius 2 is 1.88 bits per heavy atom. The highest BCUT2D eigenvalue weighted by Gasteiger charge is 2.34. The molecule has 170 valence electrons. The molecule has 0 unspecified atom stereocenters. The maximum absolute atomic E-state index is 13.8. The number of sulfone groups is 1. The Morgan fingerprint density at radius 1 is 1.12 bits per heavy atom. The predicted octanol–water partition coefficient (Wildman–Crippen LogP) is 5.06. The molecule has 0 radical (unpaired) electrons. The van der Waals surface area contributed by atoms with Crippen LogP contribution in [0.25, 0.3) is 11.3 Å². The van der Waals surface area contributed by atoms with Gasteiger partial charge in [-0.05, 0) is 37.1 Å². The van der Waals surface area contributed by atoms with Crippen molar-refractivity contribution in [1.82, 2.24) is 4.98 Å². The Hall–Kier alpha value is -2.36. The molecule has 1 aliphatic heterocycles. The third-order valence-corrected chi connectivity index (χ3v) is 9.03. The van der Waals surface area contributed by atoms with Crippen LogP contribution in [0.3, 0.4) is 0 Å². The molecule has 0 aliphatic carbocycles. The van der Waals surface area contributed by atoms with Crippen LogP contribution in [-0.4, -0.2) is 46.0 Å². The van der Waals surface area contributed by atoms with Gasteiger partial charge >= 0.3 is 0 Å². The Bertz CT molecular complexity index is 1220. The lowest BCUT2D eigenvalue weighted by Crippen LogP contribution is -2.39. The third-order valence-electron chi connectivity index (χ3n) is 5.54. The summed E-state index contributed by atoms with van der Waals surface area (Å²) in [4.78, 5) is 6.84. The number of thiazole rings is 1. The van der Waals surface area contributed by atoms with Gasteiger partial charge in [-0.1, -0.05) is 17.7 Å². The monoisotopic (exact) mass is 496 g/mol. The molecular formula is C22H22ClFN2O4S2. The maximum Gasteiger partial charge on any atom is 0.185 e. The fourth-order valence-corrected chi connectivity index (χ4v) is 6.65. The number of halogens is 2. The fourth-order valence-electron chi connectivity index (χ4n) is 3.74. The van der Waals surface area contributed by atoms with Gasteiger partial charge in [-0.3, -0.25) is 0 Å². The first-order valence-electron chi connectivity index (χ1n) is 9.95. The quantitative estimate of drug-likeness (QED) is 0.475. The van der Waals surface area contributed by atoms with E-state index < -0.39 is 20.9 Å². The average molecular weight is 497 g/mol. The van der Waals surface area contributed by atoms with Crippen LogP contribution < -0.4 is 14.4 Å². The van der Waals surface area contributed by atoms with E-state index in [2.05, 4.69) is 9.88 Å². The summed E-state index contributed by atoms with van der Waals surface area (Å²) in [6.45, 7) is 1.11. The molecule has 0 bridgehead atoms. The van der Waals surface area contributed by atoms with Crippen molar-refractivity contribution in [3.63, 3.8) is 0 Å². The van der Waals surface area contributed by atoms with Gasteiger partial charge in [0.25, 0.3) is 0 Å². The van der Waals surface area contributed by atoms with Crippen molar-refractivity contribution in [3.05, 3.63) is 52.6 Å². The molecule has 1 aromatic heterocycles. The smallest absolute Gasteiger partial charge is 0.185 e. The van der Waals surface area contributed by atoms with E-state index in [1.807, 2.05) is 5.38 Å². The molecule has 0 spiro atoms. The summed E-state index contributed by atoms with van der Waals surface area (Å²) in [6.07, 6.45) is 0.931. The highest BCUT2D eigenvalue weighted by molar-refractivity contribution is 7.92. The van der Waals surface area contributed by atoms with Gasteiger partial charge in [0.15, 0.2) is 15.0 Å². The van der Waals surface area contributed by atoms with Crippen molar-refractivity contribution >= 4 is 37.9 Å². The highest BCUT2D eigenvalue weighted by Crippen LogP contribution is 2.36. The normalized spacial score (nSPS) is 15.1. The van der Waals surface area contributed by atoms with Crippen molar-refractivity contribution < 1.29 is 22.3 Å². The standard InChI is InChI=1S/C22H22ClFN2O4S2/c1-29-15-4-6-20(30-2)21(12-15)32(27,28)16-7-9-26(10-8-16)22-25-19(13-31-22)14-3-5-17(23)18(24)11-14/h3-6,11-13,16H,7-10H2,1-2H3. The molecule has 1 saturated heterocycles. The Labute approximate surface area is 195 Å². The maximum atomic E-state index is 13.8. The lowest BCUT2D eigenvalue weighted by molar-refractivity contribution is 0.391. The Balaban J connectivity index is 1.49. The number of nitrogens with zero attached hydrogens (tertiary/aromatic N) is 2. The summed E-state index contributed by atoms with van der Waals surface area (Å²) < 4.78 is 50.9. The van der Waals surface area contributed by atoms with E-state index in [0.717, 1.165) is 5.13 Å². The summed E-state index contributed by atoms with van der Waals surface area (Å²) in [5.41, 5.74) is 1.31. The summed E-state index contributed by atoms with van der Waals surface area (Å²) in [5.74, 6) is 0.293. The second-order valence-corrected chi connectivity index (χ2v) is 10.8. The second-order valence-electron chi connectivity index (χ2n) is 7.39. The molecule has 4 rings (SSSR count). The number of piperidine rings is 1. The van der Waals surface area contributed by atoms with E-state index in [4.69, 9.17) is 21.1 Å². The first-order valence-corrected chi connectivity index (χ1v) is 12.8. The topological polar surface area (TPSA) is 68.7 Å². The summed E-state index contributed by atoms with van der Waals surface area (Å²) >= 11 is 7.21. The van der Waals surface area contributed by atoms with Crippen molar-refractivity contribution in [2.75, 3.05) is 32.2 Å². The van der Waals surface area contributed by atoms with E-state index in [0.29, 0.717) is 48.7 Å². The zero-order valence-electron chi connectivity index (χ0n) is 17.5. The summed E-state index contributed by atoms with van der Waals surface area (Å²) in [5, 5.41) is 2.19. The summed E-state index contributed by atoms with van der Waals surface area (Å²) in [7, 11) is -0.641. The van der Waals surface area contributed by atoms with Crippen LogP contribution in [0, 0.1) is 5.82 Å². The van der Waals surface area contributed by atoms with Crippen LogP contribution in [0.4, 0.5) is 9.52 Å². The van der Waals surface area contributed by atoms with Crippen molar-refractivity contribution in [2.24, 2.45) is 0 Å². The molecule has 0 N–H and O–H groups in total. The number of rotatable bonds is 6. The molecule has 1 aliphatic rings. The molecule has 32 heavy (non-hydrogen) atoms. The Morgan fingerprint density at radius 3 is 2.53 bits per heavy atom. The van der Waals surface area contributed by atoms with E-state index in [-0.39, 0.29) is 9.92 Å². The van der Waals surface area contributed by atoms with Gasteiger partial charge in [-0.2, -0.15) is 0 Å². The molecule has 10 heteroatoms. The van der Waals surface area contributed by atoms with Crippen LogP contribution in [0.2, 0.25) is 5.02 Å². The number of hydrogen-bond acceptors (Lipinski definition) is 7. The zero-order chi connectivity index (χ0) is 22.9. The van der Waals surface area contributed by atoms with Crippen LogP contribution >= 0.6 is 22.9 Å². The molecule has 2 heterocycles. The van der Waals surface area contributed by atoms with Gasteiger partial charge in [0.2, 0.25) is 0 Å². The number of benzene rings is 2. The molecular weight excluding hydrogens is 475 g/mol. The van der Waals surface area contributed by atoms with Crippen LogP contribution in [0.15, 0.2) is 46.7 Å². The zero-order valence-corrected chi connectivity index (χ0v) is 19.9. The van der Waals surface area contributed by atoms with Gasteiger partial charge in [0, 0.05) is 30.1 Å². The predicted molar refractivity (Wildman–Crippen MR) is 124 cm³/mol. The molecule has 0 atom stereocenters. The minimum Gasteiger partial charge on any atom is -0.497 e. The van der Waals surface area contributed by atoms with E-state index in [1.165, 1.54) is 43.8 Å². The minimum atomic E-state index is -3.59. The SMILES string of the molecule is COc1ccc(OC)c(S(=O)(=O)C2CCN(c3nc(-c4ccc(Cl)c(F)c4)cs3)CC2)c1. The van der Waals surface area contributed by atoms with Crippen molar-refractivity contribution in [2.45, 2.75) is 23.0 Å². The molecule has 0 saturated carbocycles. The number of methoxy groups -OCH3 is 2. The molecule has 3 aromatic rings. The van der Waals surface area contributed by atoms with E-state index >= 15 is 0 Å². The van der Waals surface area contributed by atoms with Crippen LogP contribution in [-0.2, 0) is 9.84 Å². The molecule has 0 amide bonds. The number of ether oxygens (including phenoxy) is 2. The van der Waals surface area contributed by atoms with Crippen molar-refractivity contribution in [1.29, 1.82) is 0 Å². The lowest BCUT2D eigenvalue weighted by atomic mass is 10.1.